The number of rotatable bonds is 3. The predicted molar refractivity (Wildman–Crippen MR) is 54.4 cm³/mol. The minimum Gasteiger partial charge on any atom is -0.488 e. The summed E-state index contributed by atoms with van der Waals surface area (Å²) in [6, 6.07) is 3.28. The van der Waals surface area contributed by atoms with Gasteiger partial charge in [-0.05, 0) is 6.07 Å². The summed E-state index contributed by atoms with van der Waals surface area (Å²) in [4.78, 5) is 4.17. The molecular formula is C11H15F2NO. The van der Waals surface area contributed by atoms with Gasteiger partial charge in [0.2, 0.25) is 0 Å². The van der Waals surface area contributed by atoms with Crippen LogP contribution in [0.2, 0.25) is 0 Å². The van der Waals surface area contributed by atoms with Gasteiger partial charge in [0.25, 0.3) is 6.43 Å². The molecule has 0 saturated carbocycles. The highest BCUT2D eigenvalue weighted by Crippen LogP contribution is 2.23. The molecule has 0 N–H and O–H groups in total. The highest BCUT2D eigenvalue weighted by molar-refractivity contribution is 5.26. The molecular weight excluding hydrogens is 200 g/mol. The van der Waals surface area contributed by atoms with Crippen LogP contribution in [0.15, 0.2) is 18.3 Å². The van der Waals surface area contributed by atoms with E-state index in [0.29, 0.717) is 5.75 Å². The molecule has 1 rings (SSSR count). The molecule has 2 nitrogen and oxygen atoms in total. The number of halogens is 2. The molecule has 4 heteroatoms. The first-order valence-corrected chi connectivity index (χ1v) is 4.77. The van der Waals surface area contributed by atoms with Gasteiger partial charge in [0.05, 0.1) is 0 Å². The first-order chi connectivity index (χ1) is 6.89. The molecule has 0 radical (unpaired) electrons. The second-order valence-corrected chi connectivity index (χ2v) is 4.33. The Labute approximate surface area is 88.3 Å². The van der Waals surface area contributed by atoms with Crippen LogP contribution < -0.4 is 4.74 Å². The number of nitrogens with zero attached hydrogens (tertiary/aromatic N) is 1. The molecule has 0 atom stereocenters. The van der Waals surface area contributed by atoms with Gasteiger partial charge in [0, 0.05) is 23.4 Å². The SMILES string of the molecule is CC(C)(C)c1cc(OCC(F)F)ccn1. The molecule has 1 heterocycles. The quantitative estimate of drug-likeness (QED) is 0.773. The van der Waals surface area contributed by atoms with Crippen molar-refractivity contribution < 1.29 is 13.5 Å². The fourth-order valence-corrected chi connectivity index (χ4v) is 1.07. The van der Waals surface area contributed by atoms with Crippen molar-refractivity contribution in [2.24, 2.45) is 0 Å². The minimum atomic E-state index is -2.45. The van der Waals surface area contributed by atoms with Gasteiger partial charge in [0.15, 0.2) is 0 Å². The van der Waals surface area contributed by atoms with Gasteiger partial charge in [-0.15, -0.1) is 0 Å². The lowest BCUT2D eigenvalue weighted by atomic mass is 9.92. The molecule has 0 saturated heterocycles. The van der Waals surface area contributed by atoms with Gasteiger partial charge in [-0.2, -0.15) is 0 Å². The summed E-state index contributed by atoms with van der Waals surface area (Å²) in [5, 5.41) is 0. The van der Waals surface area contributed by atoms with Gasteiger partial charge in [-0.3, -0.25) is 4.98 Å². The highest BCUT2D eigenvalue weighted by Gasteiger charge is 2.16. The summed E-state index contributed by atoms with van der Waals surface area (Å²) in [5.74, 6) is 0.440. The first kappa shape index (κ1) is 11.9. The standard InChI is InChI=1S/C11H15F2NO/c1-11(2,3)9-6-8(4-5-14-9)15-7-10(12)13/h4-6,10H,7H2,1-3H3. The maximum atomic E-state index is 11.9. The van der Waals surface area contributed by atoms with Crippen molar-refractivity contribution in [1.82, 2.24) is 4.98 Å². The van der Waals surface area contributed by atoms with Crippen LogP contribution in [0.4, 0.5) is 8.78 Å². The number of aromatic nitrogens is 1. The average Bonchev–Trinajstić information content (AvgIpc) is 2.14. The van der Waals surface area contributed by atoms with Crippen molar-refractivity contribution in [2.45, 2.75) is 32.6 Å². The summed E-state index contributed by atoms with van der Waals surface area (Å²) in [6.45, 7) is 5.44. The monoisotopic (exact) mass is 215 g/mol. The minimum absolute atomic E-state index is 0.107. The van der Waals surface area contributed by atoms with Crippen LogP contribution in [0.25, 0.3) is 0 Å². The van der Waals surface area contributed by atoms with Crippen LogP contribution in [0.1, 0.15) is 26.5 Å². The van der Waals surface area contributed by atoms with Gasteiger partial charge in [-0.25, -0.2) is 8.78 Å². The van der Waals surface area contributed by atoms with E-state index in [4.69, 9.17) is 4.74 Å². The Kier molecular flexibility index (Phi) is 3.61. The number of ether oxygens (including phenoxy) is 1. The normalized spacial score (nSPS) is 11.9. The van der Waals surface area contributed by atoms with Crippen LogP contribution in [-0.4, -0.2) is 18.0 Å². The average molecular weight is 215 g/mol. The van der Waals surface area contributed by atoms with Crippen LogP contribution in [0, 0.1) is 0 Å². The van der Waals surface area contributed by atoms with Crippen molar-refractivity contribution in [3.63, 3.8) is 0 Å². The molecule has 0 aromatic carbocycles. The largest absolute Gasteiger partial charge is 0.488 e. The molecule has 0 amide bonds. The number of pyridine rings is 1. The Morgan fingerprint density at radius 3 is 2.60 bits per heavy atom. The molecule has 0 aliphatic carbocycles. The van der Waals surface area contributed by atoms with E-state index < -0.39 is 13.0 Å². The molecule has 0 fully saturated rings. The third kappa shape index (κ3) is 3.81. The molecule has 0 spiro atoms. The molecule has 15 heavy (non-hydrogen) atoms. The van der Waals surface area contributed by atoms with Gasteiger partial charge >= 0.3 is 0 Å². The summed E-state index contributed by atoms with van der Waals surface area (Å²) in [6.07, 6.45) is -0.877. The summed E-state index contributed by atoms with van der Waals surface area (Å²) < 4.78 is 28.7. The van der Waals surface area contributed by atoms with E-state index in [1.807, 2.05) is 20.8 Å². The lowest BCUT2D eigenvalue weighted by Crippen LogP contribution is -2.14. The number of hydrogen-bond donors (Lipinski definition) is 0. The van der Waals surface area contributed by atoms with Crippen molar-refractivity contribution in [1.29, 1.82) is 0 Å². The lowest BCUT2D eigenvalue weighted by molar-refractivity contribution is 0.0817. The second-order valence-electron chi connectivity index (χ2n) is 4.33. The van der Waals surface area contributed by atoms with Gasteiger partial charge in [0.1, 0.15) is 12.4 Å². The maximum Gasteiger partial charge on any atom is 0.272 e. The zero-order valence-corrected chi connectivity index (χ0v) is 9.13. The Morgan fingerprint density at radius 1 is 1.40 bits per heavy atom. The maximum absolute atomic E-state index is 11.9. The van der Waals surface area contributed by atoms with Crippen LogP contribution >= 0.6 is 0 Å². The molecule has 0 aliphatic rings. The zero-order chi connectivity index (χ0) is 11.5. The fraction of sp³-hybridized carbons (Fsp3) is 0.545. The van der Waals surface area contributed by atoms with E-state index >= 15 is 0 Å². The Hall–Kier alpha value is -1.19. The van der Waals surface area contributed by atoms with Gasteiger partial charge in [-0.1, -0.05) is 20.8 Å². The van der Waals surface area contributed by atoms with Crippen LogP contribution in [0.5, 0.6) is 5.75 Å². The first-order valence-electron chi connectivity index (χ1n) is 4.77. The van der Waals surface area contributed by atoms with Gasteiger partial charge < -0.3 is 4.74 Å². The molecule has 84 valence electrons. The Bertz CT molecular complexity index is 321. The summed E-state index contributed by atoms with van der Waals surface area (Å²) in [5.41, 5.74) is 0.721. The van der Waals surface area contributed by atoms with E-state index in [1.165, 1.54) is 0 Å². The summed E-state index contributed by atoms with van der Waals surface area (Å²) in [7, 11) is 0. The zero-order valence-electron chi connectivity index (χ0n) is 9.13. The second kappa shape index (κ2) is 4.55. The van der Waals surface area contributed by atoms with E-state index in [2.05, 4.69) is 4.98 Å². The van der Waals surface area contributed by atoms with Crippen LogP contribution in [0.3, 0.4) is 0 Å². The molecule has 1 aromatic rings. The van der Waals surface area contributed by atoms with Crippen LogP contribution in [-0.2, 0) is 5.41 Å². The third-order valence-corrected chi connectivity index (χ3v) is 1.88. The van der Waals surface area contributed by atoms with E-state index in [-0.39, 0.29) is 5.41 Å². The Morgan fingerprint density at radius 2 is 2.07 bits per heavy atom. The molecule has 0 unspecified atom stereocenters. The van der Waals surface area contributed by atoms with Crippen molar-refractivity contribution in [2.75, 3.05) is 6.61 Å². The number of alkyl halides is 2. The van der Waals surface area contributed by atoms with Crippen molar-refractivity contribution in [3.05, 3.63) is 24.0 Å². The predicted octanol–water partition coefficient (Wildman–Crippen LogP) is 3.02. The molecule has 0 bridgehead atoms. The number of hydrogen-bond acceptors (Lipinski definition) is 2. The highest BCUT2D eigenvalue weighted by atomic mass is 19.3. The fourth-order valence-electron chi connectivity index (χ4n) is 1.07. The summed E-state index contributed by atoms with van der Waals surface area (Å²) >= 11 is 0. The smallest absolute Gasteiger partial charge is 0.272 e. The van der Waals surface area contributed by atoms with E-state index in [1.54, 1.807) is 18.3 Å². The molecule has 0 aliphatic heterocycles. The lowest BCUT2D eigenvalue weighted by Gasteiger charge is -2.18. The topological polar surface area (TPSA) is 22.1 Å². The molecule has 1 aromatic heterocycles. The Balaban J connectivity index is 2.75. The van der Waals surface area contributed by atoms with Crippen molar-refractivity contribution >= 4 is 0 Å². The van der Waals surface area contributed by atoms with E-state index in [0.717, 1.165) is 5.69 Å². The third-order valence-electron chi connectivity index (χ3n) is 1.88. The van der Waals surface area contributed by atoms with Crippen molar-refractivity contribution in [3.8, 4) is 5.75 Å². The van der Waals surface area contributed by atoms with E-state index in [9.17, 15) is 8.78 Å².